The standard InChI is InChI=1S/C13H25BrO/c1-4-6-7-8-9-15-12-10-11(14)13(12,3)5-2/h11-12H,4-10H2,1-3H3. The van der Waals surface area contributed by atoms with Gasteiger partial charge in [0.05, 0.1) is 6.10 Å². The Balaban J connectivity index is 2.12. The van der Waals surface area contributed by atoms with Crippen LogP contribution in [0.5, 0.6) is 0 Å². The van der Waals surface area contributed by atoms with Gasteiger partial charge in [-0.1, -0.05) is 56.0 Å². The molecule has 2 heteroatoms. The number of unbranched alkanes of at least 4 members (excludes halogenated alkanes) is 3. The molecule has 0 spiro atoms. The lowest BCUT2D eigenvalue weighted by atomic mass is 9.66. The van der Waals surface area contributed by atoms with Crippen LogP contribution in [-0.2, 0) is 4.74 Å². The van der Waals surface area contributed by atoms with Crippen LogP contribution < -0.4 is 0 Å². The molecule has 1 aliphatic carbocycles. The molecule has 15 heavy (non-hydrogen) atoms. The van der Waals surface area contributed by atoms with E-state index in [1.54, 1.807) is 0 Å². The maximum Gasteiger partial charge on any atom is 0.0650 e. The van der Waals surface area contributed by atoms with E-state index in [-0.39, 0.29) is 0 Å². The van der Waals surface area contributed by atoms with Crippen molar-refractivity contribution in [2.24, 2.45) is 5.41 Å². The molecule has 0 amide bonds. The third-order valence-corrected chi connectivity index (χ3v) is 5.37. The van der Waals surface area contributed by atoms with Crippen LogP contribution in [0.2, 0.25) is 0 Å². The zero-order chi connectivity index (χ0) is 11.3. The predicted molar refractivity (Wildman–Crippen MR) is 69.6 cm³/mol. The molecule has 0 N–H and O–H groups in total. The average molecular weight is 277 g/mol. The second-order valence-corrected chi connectivity index (χ2v) is 6.09. The van der Waals surface area contributed by atoms with E-state index in [4.69, 9.17) is 4.74 Å². The van der Waals surface area contributed by atoms with Gasteiger partial charge in [-0.2, -0.15) is 0 Å². The van der Waals surface area contributed by atoms with Gasteiger partial charge < -0.3 is 4.74 Å². The van der Waals surface area contributed by atoms with Gasteiger partial charge in [0.15, 0.2) is 0 Å². The van der Waals surface area contributed by atoms with Crippen molar-refractivity contribution in [2.75, 3.05) is 6.61 Å². The Hall–Kier alpha value is 0.440. The Morgan fingerprint density at radius 2 is 2.00 bits per heavy atom. The highest BCUT2D eigenvalue weighted by molar-refractivity contribution is 9.09. The summed E-state index contributed by atoms with van der Waals surface area (Å²) in [6.45, 7) is 7.81. The highest BCUT2D eigenvalue weighted by Gasteiger charge is 2.49. The van der Waals surface area contributed by atoms with Crippen molar-refractivity contribution in [1.82, 2.24) is 0 Å². The third-order valence-electron chi connectivity index (χ3n) is 3.95. The molecule has 0 heterocycles. The van der Waals surface area contributed by atoms with Crippen LogP contribution in [0.4, 0.5) is 0 Å². The number of hydrogen-bond donors (Lipinski definition) is 0. The first-order chi connectivity index (χ1) is 7.15. The zero-order valence-corrected chi connectivity index (χ0v) is 12.0. The predicted octanol–water partition coefficient (Wildman–Crippen LogP) is 4.54. The van der Waals surface area contributed by atoms with Gasteiger partial charge in [0.25, 0.3) is 0 Å². The minimum absolute atomic E-state index is 0.380. The highest BCUT2D eigenvalue weighted by Crippen LogP contribution is 2.50. The Labute approximate surface area is 103 Å². The molecule has 1 saturated carbocycles. The lowest BCUT2D eigenvalue weighted by Crippen LogP contribution is -2.53. The highest BCUT2D eigenvalue weighted by atomic mass is 79.9. The molecule has 0 saturated heterocycles. The van der Waals surface area contributed by atoms with Crippen molar-refractivity contribution < 1.29 is 4.74 Å². The largest absolute Gasteiger partial charge is 0.378 e. The van der Waals surface area contributed by atoms with Crippen molar-refractivity contribution in [1.29, 1.82) is 0 Å². The van der Waals surface area contributed by atoms with E-state index < -0.39 is 0 Å². The summed E-state index contributed by atoms with van der Waals surface area (Å²) in [5, 5.41) is 0. The Morgan fingerprint density at radius 3 is 2.53 bits per heavy atom. The van der Waals surface area contributed by atoms with E-state index in [0.717, 1.165) is 6.61 Å². The summed E-state index contributed by atoms with van der Waals surface area (Å²) in [6.07, 6.45) is 8.11. The van der Waals surface area contributed by atoms with Crippen LogP contribution >= 0.6 is 15.9 Å². The van der Waals surface area contributed by atoms with Crippen molar-refractivity contribution in [2.45, 2.75) is 70.2 Å². The van der Waals surface area contributed by atoms with Crippen LogP contribution in [0.1, 0.15) is 59.3 Å². The monoisotopic (exact) mass is 276 g/mol. The number of alkyl halides is 1. The average Bonchev–Trinajstić information content (AvgIpc) is 2.26. The summed E-state index contributed by atoms with van der Waals surface area (Å²) >= 11 is 3.74. The fraction of sp³-hybridized carbons (Fsp3) is 1.00. The van der Waals surface area contributed by atoms with E-state index in [9.17, 15) is 0 Å². The molecule has 1 rings (SSSR count). The molecule has 0 aliphatic heterocycles. The second kappa shape index (κ2) is 6.24. The summed E-state index contributed by atoms with van der Waals surface area (Å²) in [7, 11) is 0. The first kappa shape index (κ1) is 13.5. The Bertz CT molecular complexity index is 183. The number of rotatable bonds is 7. The van der Waals surface area contributed by atoms with Crippen LogP contribution in [0.25, 0.3) is 0 Å². The van der Waals surface area contributed by atoms with E-state index in [0.29, 0.717) is 16.3 Å². The summed E-state index contributed by atoms with van der Waals surface area (Å²) in [6, 6.07) is 0. The summed E-state index contributed by atoms with van der Waals surface area (Å²) in [4.78, 5) is 0.663. The van der Waals surface area contributed by atoms with Crippen molar-refractivity contribution in [3.63, 3.8) is 0 Å². The van der Waals surface area contributed by atoms with E-state index in [1.165, 1.54) is 38.5 Å². The van der Waals surface area contributed by atoms with Gasteiger partial charge in [0.1, 0.15) is 0 Å². The van der Waals surface area contributed by atoms with E-state index in [2.05, 4.69) is 36.7 Å². The lowest BCUT2D eigenvalue weighted by molar-refractivity contribution is -0.0968. The van der Waals surface area contributed by atoms with Crippen LogP contribution in [-0.4, -0.2) is 17.5 Å². The Kier molecular flexibility index (Phi) is 5.62. The SMILES string of the molecule is CCCCCCOC1CC(Br)C1(C)CC. The molecular weight excluding hydrogens is 252 g/mol. The molecule has 1 fully saturated rings. The zero-order valence-electron chi connectivity index (χ0n) is 10.4. The first-order valence-electron chi connectivity index (χ1n) is 6.40. The molecule has 0 bridgehead atoms. The van der Waals surface area contributed by atoms with Gasteiger partial charge in [-0.05, 0) is 19.3 Å². The van der Waals surface area contributed by atoms with Crippen LogP contribution in [0.3, 0.4) is 0 Å². The van der Waals surface area contributed by atoms with Gasteiger partial charge in [0, 0.05) is 16.8 Å². The number of hydrogen-bond acceptors (Lipinski definition) is 1. The fourth-order valence-corrected chi connectivity index (χ4v) is 3.19. The molecule has 0 aromatic rings. The molecule has 1 nitrogen and oxygen atoms in total. The summed E-state index contributed by atoms with van der Waals surface area (Å²) in [5.41, 5.74) is 0.380. The summed E-state index contributed by atoms with van der Waals surface area (Å²) in [5.74, 6) is 0. The number of halogens is 1. The normalized spacial score (nSPS) is 35.2. The molecule has 0 aromatic carbocycles. The molecular formula is C13H25BrO. The van der Waals surface area contributed by atoms with E-state index in [1.807, 2.05) is 0 Å². The first-order valence-corrected chi connectivity index (χ1v) is 7.32. The van der Waals surface area contributed by atoms with Gasteiger partial charge in [0.2, 0.25) is 0 Å². The van der Waals surface area contributed by atoms with Crippen LogP contribution in [0, 0.1) is 5.41 Å². The van der Waals surface area contributed by atoms with Crippen molar-refractivity contribution >= 4 is 15.9 Å². The topological polar surface area (TPSA) is 9.23 Å². The third kappa shape index (κ3) is 3.20. The van der Waals surface area contributed by atoms with Crippen LogP contribution in [0.15, 0.2) is 0 Å². The molecule has 3 atom stereocenters. The number of ether oxygens (including phenoxy) is 1. The quantitative estimate of drug-likeness (QED) is 0.490. The van der Waals surface area contributed by atoms with Crippen molar-refractivity contribution in [3.8, 4) is 0 Å². The van der Waals surface area contributed by atoms with Gasteiger partial charge in [-0.3, -0.25) is 0 Å². The van der Waals surface area contributed by atoms with Gasteiger partial charge >= 0.3 is 0 Å². The molecule has 90 valence electrons. The minimum atomic E-state index is 0.380. The summed E-state index contributed by atoms with van der Waals surface area (Å²) < 4.78 is 5.97. The molecule has 1 aliphatic rings. The maximum atomic E-state index is 5.97. The minimum Gasteiger partial charge on any atom is -0.378 e. The smallest absolute Gasteiger partial charge is 0.0650 e. The molecule has 0 aromatic heterocycles. The van der Waals surface area contributed by atoms with Gasteiger partial charge in [-0.15, -0.1) is 0 Å². The maximum absolute atomic E-state index is 5.97. The molecule has 0 radical (unpaired) electrons. The fourth-order valence-electron chi connectivity index (χ4n) is 2.23. The Morgan fingerprint density at radius 1 is 1.27 bits per heavy atom. The second-order valence-electron chi connectivity index (χ2n) is 4.98. The lowest BCUT2D eigenvalue weighted by Gasteiger charge is -2.51. The van der Waals surface area contributed by atoms with Gasteiger partial charge in [-0.25, -0.2) is 0 Å². The molecule has 3 unspecified atom stereocenters. The van der Waals surface area contributed by atoms with Crippen molar-refractivity contribution in [3.05, 3.63) is 0 Å². The van der Waals surface area contributed by atoms with E-state index >= 15 is 0 Å².